The second-order valence-corrected chi connectivity index (χ2v) is 9.97. The second-order valence-electron chi connectivity index (χ2n) is 8.57. The van der Waals surface area contributed by atoms with Crippen LogP contribution in [0.25, 0.3) is 11.2 Å². The first-order valence-electron chi connectivity index (χ1n) is 11.2. The Labute approximate surface area is 211 Å². The Hall–Kier alpha value is -3.29. The number of phosphoric acid groups is 1. The Morgan fingerprint density at radius 1 is 1.11 bits per heavy atom. The summed E-state index contributed by atoms with van der Waals surface area (Å²) in [7, 11) is -4.76. The van der Waals surface area contributed by atoms with Crippen LogP contribution < -0.4 is 22.7 Å². The zero-order chi connectivity index (χ0) is 27.2. The summed E-state index contributed by atoms with van der Waals surface area (Å²) in [6.07, 6.45) is -3.86. The number of rotatable bonds is 8. The van der Waals surface area contributed by atoms with Gasteiger partial charge in [-0.15, -0.1) is 0 Å². The van der Waals surface area contributed by atoms with Crippen LogP contribution in [0.15, 0.2) is 22.2 Å². The highest BCUT2D eigenvalue weighted by atomic mass is 31.2. The molecule has 2 saturated heterocycles. The number of ether oxygens (including phenoxy) is 2. The van der Waals surface area contributed by atoms with Crippen LogP contribution >= 0.6 is 7.82 Å². The number of nitrogens with one attached hydrogen (secondary N) is 1. The minimum Gasteiger partial charge on any atom is -0.394 e. The van der Waals surface area contributed by atoms with Gasteiger partial charge in [0.1, 0.15) is 37.1 Å². The monoisotopic (exact) mass is 557 g/mol. The third-order valence-corrected chi connectivity index (χ3v) is 7.06. The number of nitrogen functional groups attached to an aromatic ring is 2. The van der Waals surface area contributed by atoms with E-state index in [1.807, 2.05) is 0 Å². The van der Waals surface area contributed by atoms with Gasteiger partial charge in [0.05, 0.1) is 25.6 Å². The van der Waals surface area contributed by atoms with Gasteiger partial charge < -0.3 is 36.0 Å². The van der Waals surface area contributed by atoms with Crippen LogP contribution in [0.1, 0.15) is 25.3 Å². The van der Waals surface area contributed by atoms with Crippen molar-refractivity contribution in [2.75, 3.05) is 24.7 Å². The highest BCUT2D eigenvalue weighted by Crippen LogP contribution is 2.49. The van der Waals surface area contributed by atoms with Crippen molar-refractivity contribution >= 4 is 30.9 Å². The number of aromatic amines is 1. The van der Waals surface area contributed by atoms with E-state index in [0.29, 0.717) is 0 Å². The molecule has 0 bridgehead atoms. The molecule has 19 nitrogen and oxygen atoms in total. The standard InChI is InChI=1S/C18H24N9O10P/c19-16-22-6-27(18(31)25-16)12-2-8(9(3-28)35-12)37-38(32,33)34-4-10-7(29)1-11(36-10)26-5-21-13-14(26)23-17(20)24-15(13)30/h5-12,28-29H,1-4H2,(H,32,33)(H2,19,25,31)(H3,20,23,24,30)/t7-,8+,9-,10+,11-,12+/m1/s1. The maximum atomic E-state index is 12.7. The fourth-order valence-corrected chi connectivity index (χ4v) is 5.22. The van der Waals surface area contributed by atoms with Crippen molar-refractivity contribution in [2.45, 2.75) is 49.7 Å². The Bertz CT molecular complexity index is 1490. The topological polar surface area (TPSA) is 278 Å². The molecule has 2 aliphatic rings. The number of H-pyrrole nitrogens is 1. The molecule has 206 valence electrons. The maximum Gasteiger partial charge on any atom is 0.472 e. The van der Waals surface area contributed by atoms with E-state index in [4.69, 9.17) is 30.0 Å². The van der Waals surface area contributed by atoms with Crippen LogP contribution in [0.5, 0.6) is 0 Å². The summed E-state index contributed by atoms with van der Waals surface area (Å²) < 4.78 is 36.6. The molecular formula is C18H24N9O10P. The SMILES string of the molecule is Nc1ncn([C@@H]2C[C@H](OP(=O)(O)OC[C@@H]3O[C@@H](n4cnc5c(=O)[nH]c(N)nc54)C[C@H]3O)[C@@H](CO)O2)c(=O)n1. The number of imidazole rings is 1. The van der Waals surface area contributed by atoms with Crippen LogP contribution in [0, 0.1) is 0 Å². The van der Waals surface area contributed by atoms with Gasteiger partial charge in [0.15, 0.2) is 11.2 Å². The lowest BCUT2D eigenvalue weighted by Gasteiger charge is -2.21. The Kier molecular flexibility index (Phi) is 7.01. The van der Waals surface area contributed by atoms with Crippen molar-refractivity contribution in [2.24, 2.45) is 0 Å². The maximum absolute atomic E-state index is 12.7. The smallest absolute Gasteiger partial charge is 0.394 e. The summed E-state index contributed by atoms with van der Waals surface area (Å²) in [5, 5.41) is 20.1. The molecule has 5 heterocycles. The van der Waals surface area contributed by atoms with Gasteiger partial charge in [0.2, 0.25) is 11.9 Å². The highest BCUT2D eigenvalue weighted by Gasteiger charge is 2.43. The van der Waals surface area contributed by atoms with Crippen LogP contribution in [0.4, 0.5) is 11.9 Å². The largest absolute Gasteiger partial charge is 0.472 e. The second kappa shape index (κ2) is 10.1. The van der Waals surface area contributed by atoms with Crippen molar-refractivity contribution in [1.29, 1.82) is 0 Å². The summed E-state index contributed by atoms with van der Waals surface area (Å²) in [4.78, 5) is 51.9. The van der Waals surface area contributed by atoms with Crippen molar-refractivity contribution in [1.82, 2.24) is 34.1 Å². The lowest BCUT2D eigenvalue weighted by Crippen LogP contribution is -2.29. The molecule has 0 amide bonds. The van der Waals surface area contributed by atoms with Gasteiger partial charge in [-0.1, -0.05) is 0 Å². The Morgan fingerprint density at radius 2 is 1.82 bits per heavy atom. The van der Waals surface area contributed by atoms with E-state index in [1.165, 1.54) is 10.9 Å². The van der Waals surface area contributed by atoms with Gasteiger partial charge in [-0.25, -0.2) is 19.3 Å². The predicted octanol–water partition coefficient (Wildman–Crippen LogP) is -2.63. The molecule has 0 aromatic carbocycles. The molecular weight excluding hydrogens is 533 g/mol. The quantitative estimate of drug-likeness (QED) is 0.154. The summed E-state index contributed by atoms with van der Waals surface area (Å²) in [6.45, 7) is -1.13. The van der Waals surface area contributed by atoms with E-state index < -0.39 is 69.2 Å². The molecule has 20 heteroatoms. The predicted molar refractivity (Wildman–Crippen MR) is 124 cm³/mol. The summed E-state index contributed by atoms with van der Waals surface area (Å²) in [6, 6.07) is 0. The number of fused-ring (bicyclic) bond motifs is 1. The van der Waals surface area contributed by atoms with Crippen molar-refractivity contribution in [3.63, 3.8) is 0 Å². The third kappa shape index (κ3) is 5.18. The fourth-order valence-electron chi connectivity index (χ4n) is 4.26. The molecule has 3 aromatic rings. The highest BCUT2D eigenvalue weighted by molar-refractivity contribution is 7.47. The summed E-state index contributed by atoms with van der Waals surface area (Å²) >= 11 is 0. The molecule has 2 aliphatic heterocycles. The molecule has 0 radical (unpaired) electrons. The average Bonchev–Trinajstić information content (AvgIpc) is 3.54. The zero-order valence-electron chi connectivity index (χ0n) is 19.4. The van der Waals surface area contributed by atoms with Crippen molar-refractivity contribution < 1.29 is 38.2 Å². The summed E-state index contributed by atoms with van der Waals surface area (Å²) in [5.74, 6) is -0.369. The molecule has 1 unspecified atom stereocenters. The van der Waals surface area contributed by atoms with E-state index in [9.17, 15) is 29.3 Å². The van der Waals surface area contributed by atoms with E-state index in [0.717, 1.165) is 10.9 Å². The number of nitrogens with two attached hydrogens (primary N) is 2. The van der Waals surface area contributed by atoms with E-state index >= 15 is 0 Å². The molecule has 3 aromatic heterocycles. The van der Waals surface area contributed by atoms with Crippen molar-refractivity contribution in [3.05, 3.63) is 33.5 Å². The van der Waals surface area contributed by atoms with Gasteiger partial charge in [-0.2, -0.15) is 9.97 Å². The van der Waals surface area contributed by atoms with Gasteiger partial charge in [0.25, 0.3) is 5.56 Å². The number of aliphatic hydroxyl groups excluding tert-OH is 2. The van der Waals surface area contributed by atoms with Crippen LogP contribution in [-0.2, 0) is 23.1 Å². The molecule has 0 saturated carbocycles. The van der Waals surface area contributed by atoms with E-state index in [2.05, 4.69) is 24.9 Å². The Morgan fingerprint density at radius 3 is 2.55 bits per heavy atom. The van der Waals surface area contributed by atoms with E-state index in [-0.39, 0.29) is 35.9 Å². The van der Waals surface area contributed by atoms with Gasteiger partial charge in [-0.05, 0) is 0 Å². The van der Waals surface area contributed by atoms with Gasteiger partial charge in [0, 0.05) is 12.8 Å². The number of anilines is 2. The number of hydrogen-bond donors (Lipinski definition) is 6. The lowest BCUT2D eigenvalue weighted by molar-refractivity contribution is -0.0565. The minimum atomic E-state index is -4.76. The molecule has 8 N–H and O–H groups in total. The number of nitrogens with zero attached hydrogens (tertiary/aromatic N) is 6. The van der Waals surface area contributed by atoms with Crippen LogP contribution in [0.3, 0.4) is 0 Å². The summed E-state index contributed by atoms with van der Waals surface area (Å²) in [5.41, 5.74) is 9.82. The van der Waals surface area contributed by atoms with E-state index in [1.54, 1.807) is 0 Å². The zero-order valence-corrected chi connectivity index (χ0v) is 20.3. The Balaban J connectivity index is 1.22. The fraction of sp³-hybridized carbons (Fsp3) is 0.556. The molecule has 38 heavy (non-hydrogen) atoms. The molecule has 5 rings (SSSR count). The van der Waals surface area contributed by atoms with Gasteiger partial charge in [-0.3, -0.25) is 28.0 Å². The van der Waals surface area contributed by atoms with Crippen LogP contribution in [0.2, 0.25) is 0 Å². The van der Waals surface area contributed by atoms with Crippen LogP contribution in [-0.4, -0.2) is 86.8 Å². The molecule has 7 atom stereocenters. The molecule has 0 aliphatic carbocycles. The molecule has 0 spiro atoms. The average molecular weight is 557 g/mol. The van der Waals surface area contributed by atoms with Gasteiger partial charge >= 0.3 is 13.5 Å². The number of hydrogen-bond acceptors (Lipinski definition) is 15. The number of aromatic nitrogens is 7. The normalized spacial score (nSPS) is 29.1. The minimum absolute atomic E-state index is 0.0218. The first kappa shape index (κ1) is 26.3. The van der Waals surface area contributed by atoms with Crippen molar-refractivity contribution in [3.8, 4) is 0 Å². The molecule has 2 fully saturated rings. The third-order valence-electron chi connectivity index (χ3n) is 6.05. The lowest BCUT2D eigenvalue weighted by atomic mass is 10.2. The first-order valence-corrected chi connectivity index (χ1v) is 12.7. The number of aliphatic hydroxyl groups is 2. The number of phosphoric ester groups is 1. The first-order chi connectivity index (χ1) is 18.0.